The molecule has 6 N–H and O–H groups in total. The van der Waals surface area contributed by atoms with E-state index in [-0.39, 0.29) is 55.1 Å². The molecule has 2 amide bonds. The molecule has 0 bridgehead atoms. The van der Waals surface area contributed by atoms with E-state index in [0.717, 1.165) is 0 Å². The summed E-state index contributed by atoms with van der Waals surface area (Å²) in [7, 11) is 0. The van der Waals surface area contributed by atoms with E-state index in [4.69, 9.17) is 20.9 Å². The van der Waals surface area contributed by atoms with Gasteiger partial charge in [0.1, 0.15) is 11.6 Å². The summed E-state index contributed by atoms with van der Waals surface area (Å²) in [4.78, 5) is 38.4. The van der Waals surface area contributed by atoms with Crippen LogP contribution in [0.4, 0.5) is 11.8 Å². The molecule has 0 aliphatic carbocycles. The number of amides is 2. The molecular weight excluding hydrogens is 406 g/mol. The minimum Gasteiger partial charge on any atom is -0.506 e. The summed E-state index contributed by atoms with van der Waals surface area (Å²) < 4.78 is 11.7. The standard InChI is InChI=1S/C19H23N7O5/c20-15-13-6-19(31-17(13)25-18(21)24-15)9-26(3-4-30-10-19)14(28)1-2-23-16(29)11-5-12(27)8-22-7-11/h5,7-8,27H,1-4,6,9-10H2,(H,23,29)(H4,20,21,24,25)/t19-/m0/s1. The number of ether oxygens (including phenoxy) is 2. The number of carbonyl (C=O) groups excluding carboxylic acids is 2. The summed E-state index contributed by atoms with van der Waals surface area (Å²) in [6.45, 7) is 1.44. The number of nitrogens with two attached hydrogens (primary N) is 2. The van der Waals surface area contributed by atoms with Gasteiger partial charge in [-0.05, 0) is 6.07 Å². The lowest BCUT2D eigenvalue weighted by molar-refractivity contribution is -0.133. The van der Waals surface area contributed by atoms with Crippen LogP contribution in [0, 0.1) is 0 Å². The lowest BCUT2D eigenvalue weighted by atomic mass is 9.98. The number of nitrogen functional groups attached to an aromatic ring is 2. The molecule has 164 valence electrons. The first-order valence-corrected chi connectivity index (χ1v) is 9.74. The van der Waals surface area contributed by atoms with Crippen molar-refractivity contribution in [3.05, 3.63) is 29.6 Å². The summed E-state index contributed by atoms with van der Waals surface area (Å²) in [6.07, 6.45) is 3.06. The van der Waals surface area contributed by atoms with Crippen LogP contribution >= 0.6 is 0 Å². The van der Waals surface area contributed by atoms with Crippen molar-refractivity contribution in [2.45, 2.75) is 18.4 Å². The van der Waals surface area contributed by atoms with Gasteiger partial charge in [-0.25, -0.2) is 0 Å². The molecule has 4 rings (SSSR count). The Hall–Kier alpha value is -3.67. The summed E-state index contributed by atoms with van der Waals surface area (Å²) >= 11 is 0. The highest BCUT2D eigenvalue weighted by Crippen LogP contribution is 2.38. The molecule has 2 aliphatic heterocycles. The molecule has 2 aliphatic rings. The van der Waals surface area contributed by atoms with Gasteiger partial charge in [-0.2, -0.15) is 9.97 Å². The Labute approximate surface area is 177 Å². The number of anilines is 2. The van der Waals surface area contributed by atoms with Crippen molar-refractivity contribution in [2.24, 2.45) is 0 Å². The highest BCUT2D eigenvalue weighted by atomic mass is 16.6. The number of aromatic nitrogens is 3. The fourth-order valence-electron chi connectivity index (χ4n) is 3.69. The minimum atomic E-state index is -0.818. The molecule has 0 unspecified atom stereocenters. The SMILES string of the molecule is Nc1nc(N)c2c(n1)O[C@@]1(COCCN(C(=O)CCNC(=O)c3cncc(O)c3)C1)C2. The van der Waals surface area contributed by atoms with Gasteiger partial charge in [0.25, 0.3) is 5.91 Å². The molecular formula is C19H23N7O5. The van der Waals surface area contributed by atoms with Crippen molar-refractivity contribution >= 4 is 23.6 Å². The average molecular weight is 429 g/mol. The molecule has 1 spiro atoms. The van der Waals surface area contributed by atoms with Crippen molar-refractivity contribution in [3.8, 4) is 11.6 Å². The topological polar surface area (TPSA) is 179 Å². The molecule has 12 heteroatoms. The van der Waals surface area contributed by atoms with E-state index in [0.29, 0.717) is 31.0 Å². The number of rotatable bonds is 4. The van der Waals surface area contributed by atoms with E-state index in [1.807, 2.05) is 0 Å². The molecule has 2 aromatic heterocycles. The first kappa shape index (κ1) is 20.6. The van der Waals surface area contributed by atoms with Crippen LogP contribution < -0.4 is 21.5 Å². The van der Waals surface area contributed by atoms with Crippen LogP contribution in [0.5, 0.6) is 11.6 Å². The molecule has 2 aromatic rings. The second-order valence-corrected chi connectivity index (χ2v) is 7.52. The van der Waals surface area contributed by atoms with E-state index in [1.165, 1.54) is 18.5 Å². The Balaban J connectivity index is 1.36. The maximum absolute atomic E-state index is 12.8. The monoisotopic (exact) mass is 429 g/mol. The van der Waals surface area contributed by atoms with Crippen LogP contribution in [-0.4, -0.2) is 75.2 Å². The first-order chi connectivity index (χ1) is 14.8. The van der Waals surface area contributed by atoms with Crippen LogP contribution in [0.2, 0.25) is 0 Å². The molecule has 0 aromatic carbocycles. The van der Waals surface area contributed by atoms with Crippen molar-refractivity contribution in [2.75, 3.05) is 44.3 Å². The summed E-state index contributed by atoms with van der Waals surface area (Å²) in [5.41, 5.74) is 11.7. The van der Waals surface area contributed by atoms with E-state index >= 15 is 0 Å². The maximum Gasteiger partial charge on any atom is 0.252 e. The normalized spacial score (nSPS) is 20.1. The quantitative estimate of drug-likeness (QED) is 0.475. The van der Waals surface area contributed by atoms with Crippen molar-refractivity contribution in [3.63, 3.8) is 0 Å². The van der Waals surface area contributed by atoms with Gasteiger partial charge < -0.3 is 36.3 Å². The highest BCUT2D eigenvalue weighted by Gasteiger charge is 2.45. The van der Waals surface area contributed by atoms with Gasteiger partial charge in [0.2, 0.25) is 17.7 Å². The predicted molar refractivity (Wildman–Crippen MR) is 108 cm³/mol. The van der Waals surface area contributed by atoms with Crippen LogP contribution in [0.3, 0.4) is 0 Å². The number of carbonyl (C=O) groups is 2. The van der Waals surface area contributed by atoms with Crippen LogP contribution in [0.15, 0.2) is 18.5 Å². The number of pyridine rings is 1. The van der Waals surface area contributed by atoms with E-state index in [9.17, 15) is 14.7 Å². The number of fused-ring (bicyclic) bond motifs is 1. The Morgan fingerprint density at radius 3 is 2.94 bits per heavy atom. The largest absolute Gasteiger partial charge is 0.506 e. The van der Waals surface area contributed by atoms with Gasteiger partial charge in [0.15, 0.2) is 5.60 Å². The second kappa shape index (κ2) is 8.22. The fraction of sp³-hybridized carbons (Fsp3) is 0.421. The van der Waals surface area contributed by atoms with Crippen LogP contribution in [-0.2, 0) is 16.0 Å². The van der Waals surface area contributed by atoms with Gasteiger partial charge in [-0.1, -0.05) is 0 Å². The van der Waals surface area contributed by atoms with E-state index in [2.05, 4.69) is 20.3 Å². The number of hydrogen-bond acceptors (Lipinski definition) is 10. The molecule has 12 nitrogen and oxygen atoms in total. The van der Waals surface area contributed by atoms with Gasteiger partial charge >= 0.3 is 0 Å². The first-order valence-electron chi connectivity index (χ1n) is 9.74. The zero-order valence-corrected chi connectivity index (χ0v) is 16.7. The summed E-state index contributed by atoms with van der Waals surface area (Å²) in [5.74, 6) is -0.0948. The fourth-order valence-corrected chi connectivity index (χ4v) is 3.69. The molecule has 4 heterocycles. The molecule has 1 fully saturated rings. The third kappa shape index (κ3) is 4.43. The summed E-state index contributed by atoms with van der Waals surface area (Å²) in [5, 5.41) is 12.1. The minimum absolute atomic E-state index is 0.0217. The van der Waals surface area contributed by atoms with E-state index < -0.39 is 11.5 Å². The smallest absolute Gasteiger partial charge is 0.252 e. The Bertz CT molecular complexity index is 1020. The van der Waals surface area contributed by atoms with Crippen molar-refractivity contribution < 1.29 is 24.2 Å². The molecule has 0 radical (unpaired) electrons. The average Bonchev–Trinajstić information content (AvgIpc) is 2.94. The molecule has 1 atom stereocenters. The highest BCUT2D eigenvalue weighted by molar-refractivity contribution is 5.94. The summed E-state index contributed by atoms with van der Waals surface area (Å²) in [6, 6.07) is 1.30. The maximum atomic E-state index is 12.8. The van der Waals surface area contributed by atoms with E-state index in [1.54, 1.807) is 4.90 Å². The van der Waals surface area contributed by atoms with Gasteiger partial charge in [-0.15, -0.1) is 0 Å². The van der Waals surface area contributed by atoms with Crippen LogP contribution in [0.25, 0.3) is 0 Å². The number of aromatic hydroxyl groups is 1. The zero-order valence-electron chi connectivity index (χ0n) is 16.7. The van der Waals surface area contributed by atoms with Gasteiger partial charge in [-0.3, -0.25) is 14.6 Å². The van der Waals surface area contributed by atoms with Crippen molar-refractivity contribution in [1.82, 2.24) is 25.2 Å². The second-order valence-electron chi connectivity index (χ2n) is 7.52. The van der Waals surface area contributed by atoms with Gasteiger partial charge in [0, 0.05) is 32.1 Å². The zero-order chi connectivity index (χ0) is 22.0. The lowest BCUT2D eigenvalue weighted by Crippen LogP contribution is -2.50. The number of hydrogen-bond donors (Lipinski definition) is 4. The lowest BCUT2D eigenvalue weighted by Gasteiger charge is -2.31. The Kier molecular flexibility index (Phi) is 5.46. The molecule has 31 heavy (non-hydrogen) atoms. The Morgan fingerprint density at radius 2 is 2.13 bits per heavy atom. The Morgan fingerprint density at radius 1 is 1.29 bits per heavy atom. The van der Waals surface area contributed by atoms with Gasteiger partial charge in [0.05, 0.1) is 37.1 Å². The third-order valence-corrected chi connectivity index (χ3v) is 5.14. The predicted octanol–water partition coefficient (Wildman–Crippen LogP) is -0.906. The molecule has 1 saturated heterocycles. The van der Waals surface area contributed by atoms with Crippen molar-refractivity contribution in [1.29, 1.82) is 0 Å². The molecule has 0 saturated carbocycles. The van der Waals surface area contributed by atoms with Crippen LogP contribution in [0.1, 0.15) is 22.3 Å². The number of nitrogens with zero attached hydrogens (tertiary/aromatic N) is 4. The number of nitrogens with one attached hydrogen (secondary N) is 1. The third-order valence-electron chi connectivity index (χ3n) is 5.14.